The molecule has 0 bridgehead atoms. The lowest BCUT2D eigenvalue weighted by atomic mass is 10.0. The summed E-state index contributed by atoms with van der Waals surface area (Å²) in [7, 11) is -0.591. The predicted octanol–water partition coefficient (Wildman–Crippen LogP) is 3.97. The minimum Gasteiger partial charge on any atom is -0.497 e. The van der Waals surface area contributed by atoms with Crippen molar-refractivity contribution >= 4 is 49.2 Å². The Hall–Kier alpha value is -4.07. The quantitative estimate of drug-likeness (QED) is 0.313. The monoisotopic (exact) mass is 600 g/mol. The SMILES string of the molecule is COc1ccc2c(=O)n3c(nc2c1)[C@H](Cc1cc(F)cc(F)c1)NCc1cc(Cl)c2c(NS(C)(=O)=O)nn(C)c2c1-3. The Kier molecular flexibility index (Phi) is 6.47. The Bertz CT molecular complexity index is 2040. The molecule has 0 unspecified atom stereocenters. The fourth-order valence-corrected chi connectivity index (χ4v) is 6.12. The number of methoxy groups -OCH3 is 1. The number of fused-ring (bicyclic) bond motifs is 6. The number of anilines is 1. The van der Waals surface area contributed by atoms with Gasteiger partial charge in [0, 0.05) is 25.7 Å². The van der Waals surface area contributed by atoms with E-state index in [0.717, 1.165) is 12.3 Å². The molecule has 2 N–H and O–H groups in total. The van der Waals surface area contributed by atoms with Gasteiger partial charge in [-0.1, -0.05) is 11.6 Å². The largest absolute Gasteiger partial charge is 0.497 e. The summed E-state index contributed by atoms with van der Waals surface area (Å²) >= 11 is 6.67. The summed E-state index contributed by atoms with van der Waals surface area (Å²) in [5, 5.41) is 8.54. The van der Waals surface area contributed by atoms with E-state index in [1.807, 2.05) is 0 Å². The van der Waals surface area contributed by atoms with E-state index in [9.17, 15) is 22.0 Å². The molecule has 0 spiro atoms. The topological polar surface area (TPSA) is 120 Å². The molecule has 1 atom stereocenters. The number of ether oxygens (including phenoxy) is 1. The molecule has 0 radical (unpaired) electrons. The van der Waals surface area contributed by atoms with Gasteiger partial charge in [0.25, 0.3) is 5.56 Å². The molecule has 41 heavy (non-hydrogen) atoms. The van der Waals surface area contributed by atoms with E-state index in [1.54, 1.807) is 31.3 Å². The summed E-state index contributed by atoms with van der Waals surface area (Å²) < 4.78 is 63.0. The van der Waals surface area contributed by atoms with Gasteiger partial charge in [-0.15, -0.1) is 0 Å². The van der Waals surface area contributed by atoms with Crippen LogP contribution >= 0.6 is 11.6 Å². The Labute approximate surface area is 237 Å². The van der Waals surface area contributed by atoms with E-state index in [0.29, 0.717) is 44.4 Å². The Morgan fingerprint density at radius 1 is 1.17 bits per heavy atom. The standard InChI is InChI=1S/C27H23ClF2N6O4S/c1-35-24-22(25(33-35)34-41(3,38)39)19(28)9-14-12-31-21(8-13-6-15(29)10-16(30)7-13)26-32-20-11-17(40-2)4-5-18(20)27(37)36(26)23(14)24/h4-7,9-11,21,31H,8,12H2,1-3H3,(H,33,34)/t21-/m0/s1. The van der Waals surface area contributed by atoms with E-state index in [4.69, 9.17) is 21.3 Å². The number of nitrogens with zero attached hydrogens (tertiary/aromatic N) is 4. The van der Waals surface area contributed by atoms with Crippen molar-refractivity contribution in [2.45, 2.75) is 19.0 Å². The zero-order chi connectivity index (χ0) is 29.2. The Morgan fingerprint density at radius 3 is 2.59 bits per heavy atom. The number of hydrogen-bond acceptors (Lipinski definition) is 7. The van der Waals surface area contributed by atoms with Crippen molar-refractivity contribution in [2.75, 3.05) is 18.1 Å². The first-order chi connectivity index (χ1) is 19.4. The number of halogens is 3. The first-order valence-electron chi connectivity index (χ1n) is 12.4. The summed E-state index contributed by atoms with van der Waals surface area (Å²) in [6.45, 7) is 0.204. The Morgan fingerprint density at radius 2 is 1.90 bits per heavy atom. The normalized spacial score (nSPS) is 15.0. The number of aromatic nitrogens is 4. The smallest absolute Gasteiger partial charge is 0.266 e. The van der Waals surface area contributed by atoms with Gasteiger partial charge in [0.2, 0.25) is 10.0 Å². The molecule has 5 aromatic rings. The molecule has 3 aromatic carbocycles. The highest BCUT2D eigenvalue weighted by atomic mass is 35.5. The summed E-state index contributed by atoms with van der Waals surface area (Å²) in [5.41, 5.74) is 1.75. The Balaban J connectivity index is 1.68. The second-order valence-electron chi connectivity index (χ2n) is 9.85. The van der Waals surface area contributed by atoms with Gasteiger partial charge in [0.1, 0.15) is 23.2 Å². The van der Waals surface area contributed by atoms with E-state index in [2.05, 4.69) is 15.1 Å². The molecule has 0 aliphatic carbocycles. The maximum absolute atomic E-state index is 14.2. The van der Waals surface area contributed by atoms with Crippen LogP contribution in [-0.4, -0.2) is 41.1 Å². The summed E-state index contributed by atoms with van der Waals surface area (Å²) in [4.78, 5) is 19.1. The third-order valence-electron chi connectivity index (χ3n) is 6.94. The van der Waals surface area contributed by atoms with Gasteiger partial charge in [-0.2, -0.15) is 5.10 Å². The van der Waals surface area contributed by atoms with Crippen molar-refractivity contribution in [2.24, 2.45) is 7.05 Å². The highest BCUT2D eigenvalue weighted by molar-refractivity contribution is 7.92. The van der Waals surface area contributed by atoms with Crippen LogP contribution in [0.2, 0.25) is 5.02 Å². The van der Waals surface area contributed by atoms with E-state index < -0.39 is 33.3 Å². The average Bonchev–Trinajstić information content (AvgIpc) is 3.12. The van der Waals surface area contributed by atoms with Crippen molar-refractivity contribution < 1.29 is 21.9 Å². The van der Waals surface area contributed by atoms with Crippen LogP contribution in [0.4, 0.5) is 14.6 Å². The maximum Gasteiger partial charge on any atom is 0.266 e. The number of hydrogen-bond donors (Lipinski definition) is 2. The van der Waals surface area contributed by atoms with Crippen LogP contribution in [-0.2, 0) is 30.0 Å². The van der Waals surface area contributed by atoms with Crippen LogP contribution in [0.5, 0.6) is 5.75 Å². The fourth-order valence-electron chi connectivity index (χ4n) is 5.31. The lowest BCUT2D eigenvalue weighted by Crippen LogP contribution is -2.29. The lowest BCUT2D eigenvalue weighted by molar-refractivity contribution is 0.415. The summed E-state index contributed by atoms with van der Waals surface area (Å²) in [5.74, 6) is -0.659. The van der Waals surface area contributed by atoms with Crippen LogP contribution in [0.3, 0.4) is 0 Å². The molecule has 0 amide bonds. The minimum absolute atomic E-state index is 0.00914. The zero-order valence-corrected chi connectivity index (χ0v) is 23.6. The number of rotatable bonds is 5. The van der Waals surface area contributed by atoms with E-state index >= 15 is 0 Å². The summed E-state index contributed by atoms with van der Waals surface area (Å²) in [6.07, 6.45) is 1.10. The molecule has 3 heterocycles. The molecule has 0 saturated carbocycles. The van der Waals surface area contributed by atoms with Crippen LogP contribution in [0, 0.1) is 11.6 Å². The molecule has 212 valence electrons. The number of benzene rings is 3. The van der Waals surface area contributed by atoms with Crippen molar-refractivity contribution in [3.8, 4) is 11.4 Å². The molecule has 1 aliphatic rings. The minimum atomic E-state index is -3.71. The first kappa shape index (κ1) is 27.1. The van der Waals surface area contributed by atoms with Crippen LogP contribution in [0.25, 0.3) is 27.5 Å². The van der Waals surface area contributed by atoms with Crippen molar-refractivity contribution in [3.05, 3.63) is 86.4 Å². The highest BCUT2D eigenvalue weighted by Crippen LogP contribution is 2.39. The van der Waals surface area contributed by atoms with Gasteiger partial charge in [-0.3, -0.25) is 18.8 Å². The van der Waals surface area contributed by atoms with Gasteiger partial charge < -0.3 is 10.1 Å². The first-order valence-corrected chi connectivity index (χ1v) is 14.7. The van der Waals surface area contributed by atoms with Crippen LogP contribution < -0.4 is 20.3 Å². The van der Waals surface area contributed by atoms with Gasteiger partial charge in [-0.25, -0.2) is 22.2 Å². The molecule has 0 fully saturated rings. The van der Waals surface area contributed by atoms with Crippen molar-refractivity contribution in [1.82, 2.24) is 24.6 Å². The predicted molar refractivity (Wildman–Crippen MR) is 151 cm³/mol. The molecule has 14 heteroatoms. The molecular formula is C27H23ClF2N6O4S. The van der Waals surface area contributed by atoms with E-state index in [-0.39, 0.29) is 29.6 Å². The lowest BCUT2D eigenvalue weighted by Gasteiger charge is -2.20. The second-order valence-corrected chi connectivity index (χ2v) is 12.0. The number of aryl methyl sites for hydroxylation is 1. The van der Waals surface area contributed by atoms with Gasteiger partial charge in [0.05, 0.1) is 51.9 Å². The maximum atomic E-state index is 14.2. The summed E-state index contributed by atoms with van der Waals surface area (Å²) in [6, 6.07) is 9.12. The molecule has 1 aliphatic heterocycles. The molecule has 6 rings (SSSR count). The van der Waals surface area contributed by atoms with Crippen molar-refractivity contribution in [3.63, 3.8) is 0 Å². The molecule has 10 nitrogen and oxygen atoms in total. The number of sulfonamides is 1. The van der Waals surface area contributed by atoms with Crippen LogP contribution in [0.1, 0.15) is 23.0 Å². The average molecular weight is 601 g/mol. The zero-order valence-electron chi connectivity index (χ0n) is 22.0. The third kappa shape index (κ3) is 4.79. The van der Waals surface area contributed by atoms with Gasteiger partial charge in [-0.05, 0) is 47.9 Å². The van der Waals surface area contributed by atoms with E-state index in [1.165, 1.54) is 28.5 Å². The molecule has 2 aromatic heterocycles. The highest BCUT2D eigenvalue weighted by Gasteiger charge is 2.31. The van der Waals surface area contributed by atoms with Gasteiger partial charge >= 0.3 is 0 Å². The second kappa shape index (κ2) is 9.79. The molecular weight excluding hydrogens is 578 g/mol. The molecule has 0 saturated heterocycles. The van der Waals surface area contributed by atoms with Crippen molar-refractivity contribution in [1.29, 1.82) is 0 Å². The van der Waals surface area contributed by atoms with Crippen LogP contribution in [0.15, 0.2) is 47.3 Å². The van der Waals surface area contributed by atoms with Gasteiger partial charge in [0.15, 0.2) is 5.82 Å². The third-order valence-corrected chi connectivity index (χ3v) is 7.80. The fraction of sp³-hybridized carbons (Fsp3) is 0.222. The number of nitrogens with one attached hydrogen (secondary N) is 2.